The fourth-order valence-electron chi connectivity index (χ4n) is 2.18. The number of hydrogen-bond acceptors (Lipinski definition) is 6. The van der Waals surface area contributed by atoms with E-state index < -0.39 is 17.4 Å². The molecule has 0 atom stereocenters. The Kier molecular flexibility index (Phi) is 6.21. The van der Waals surface area contributed by atoms with Crippen molar-refractivity contribution in [3.63, 3.8) is 0 Å². The zero-order chi connectivity index (χ0) is 19.1. The van der Waals surface area contributed by atoms with Crippen LogP contribution < -0.4 is 19.5 Å². The molecule has 0 aromatic heterocycles. The summed E-state index contributed by atoms with van der Waals surface area (Å²) in [6.07, 6.45) is 0.826. The molecule has 0 fully saturated rings. The molecule has 1 amide bonds. The summed E-state index contributed by atoms with van der Waals surface area (Å²) in [5.41, 5.74) is 0.629. The molecule has 0 aliphatic heterocycles. The van der Waals surface area contributed by atoms with Gasteiger partial charge in [-0.3, -0.25) is 9.59 Å². The molecule has 0 aliphatic rings. The van der Waals surface area contributed by atoms with Crippen LogP contribution in [0.3, 0.4) is 0 Å². The largest absolute Gasteiger partial charge is 0.507 e. The molecule has 0 unspecified atom stereocenters. The van der Waals surface area contributed by atoms with Gasteiger partial charge in [-0.1, -0.05) is 6.07 Å². The first-order valence-electron chi connectivity index (χ1n) is 7.61. The number of anilines is 1. The number of ketones is 1. The second-order valence-electron chi connectivity index (χ2n) is 5.15. The average Bonchev–Trinajstić information content (AvgIpc) is 2.67. The Morgan fingerprint density at radius 1 is 0.962 bits per heavy atom. The van der Waals surface area contributed by atoms with E-state index in [4.69, 9.17) is 14.2 Å². The zero-order valence-electron chi connectivity index (χ0n) is 14.6. The highest BCUT2D eigenvalue weighted by Crippen LogP contribution is 2.28. The Labute approximate surface area is 150 Å². The molecule has 2 N–H and O–H groups in total. The summed E-state index contributed by atoms with van der Waals surface area (Å²) in [5.74, 6) is -0.891. The van der Waals surface area contributed by atoms with Gasteiger partial charge in [0.05, 0.1) is 26.9 Å². The van der Waals surface area contributed by atoms with Crippen molar-refractivity contribution in [2.45, 2.75) is 0 Å². The Balaban J connectivity index is 2.19. The molecule has 136 valence electrons. The van der Waals surface area contributed by atoms with E-state index in [-0.39, 0.29) is 5.56 Å². The van der Waals surface area contributed by atoms with Crippen molar-refractivity contribution in [2.24, 2.45) is 0 Å². The summed E-state index contributed by atoms with van der Waals surface area (Å²) in [6, 6.07) is 11.3. The summed E-state index contributed by atoms with van der Waals surface area (Å²) in [7, 11) is 4.39. The van der Waals surface area contributed by atoms with Crippen LogP contribution in [-0.2, 0) is 9.59 Å². The van der Waals surface area contributed by atoms with Crippen LogP contribution in [0.5, 0.6) is 17.2 Å². The number of benzene rings is 2. The fourth-order valence-corrected chi connectivity index (χ4v) is 2.18. The van der Waals surface area contributed by atoms with Gasteiger partial charge in [0.1, 0.15) is 23.0 Å². The van der Waals surface area contributed by atoms with Crippen LogP contribution in [0.25, 0.3) is 5.76 Å². The molecule has 0 spiro atoms. The van der Waals surface area contributed by atoms with Crippen LogP contribution in [0.15, 0.2) is 48.5 Å². The van der Waals surface area contributed by atoms with Crippen molar-refractivity contribution < 1.29 is 28.9 Å². The van der Waals surface area contributed by atoms with Crippen molar-refractivity contribution in [1.82, 2.24) is 0 Å². The van der Waals surface area contributed by atoms with Crippen molar-refractivity contribution in [3.05, 3.63) is 54.1 Å². The molecule has 0 heterocycles. The smallest absolute Gasteiger partial charge is 0.296 e. The van der Waals surface area contributed by atoms with Gasteiger partial charge in [0.2, 0.25) is 5.78 Å². The van der Waals surface area contributed by atoms with Crippen molar-refractivity contribution in [2.75, 3.05) is 26.6 Å². The third kappa shape index (κ3) is 4.54. The molecule has 0 saturated carbocycles. The van der Waals surface area contributed by atoms with Crippen molar-refractivity contribution in [1.29, 1.82) is 0 Å². The van der Waals surface area contributed by atoms with Crippen LogP contribution >= 0.6 is 0 Å². The van der Waals surface area contributed by atoms with E-state index >= 15 is 0 Å². The summed E-state index contributed by atoms with van der Waals surface area (Å²) in [4.78, 5) is 24.1. The Morgan fingerprint density at radius 2 is 1.65 bits per heavy atom. The van der Waals surface area contributed by atoms with Gasteiger partial charge >= 0.3 is 0 Å². The molecule has 7 nitrogen and oxygen atoms in total. The first-order valence-corrected chi connectivity index (χ1v) is 7.61. The highest BCUT2D eigenvalue weighted by atomic mass is 16.5. The molecule has 2 aromatic carbocycles. The van der Waals surface area contributed by atoms with Crippen molar-refractivity contribution >= 4 is 23.1 Å². The van der Waals surface area contributed by atoms with E-state index in [1.807, 2.05) is 0 Å². The van der Waals surface area contributed by atoms with E-state index in [1.165, 1.54) is 27.4 Å². The van der Waals surface area contributed by atoms with Gasteiger partial charge in [-0.05, 0) is 30.3 Å². The lowest BCUT2D eigenvalue weighted by Crippen LogP contribution is -2.21. The summed E-state index contributed by atoms with van der Waals surface area (Å²) in [6.45, 7) is 0. The normalized spacial score (nSPS) is 10.8. The van der Waals surface area contributed by atoms with E-state index in [0.29, 0.717) is 22.9 Å². The van der Waals surface area contributed by atoms with E-state index in [0.717, 1.165) is 6.08 Å². The minimum Gasteiger partial charge on any atom is -0.507 e. The number of amides is 1. The van der Waals surface area contributed by atoms with Crippen LogP contribution in [0.2, 0.25) is 0 Å². The first kappa shape index (κ1) is 18.9. The summed E-state index contributed by atoms with van der Waals surface area (Å²) < 4.78 is 15.3. The van der Waals surface area contributed by atoms with Gasteiger partial charge < -0.3 is 24.6 Å². The molecule has 0 radical (unpaired) electrons. The van der Waals surface area contributed by atoms with Crippen LogP contribution in [-0.4, -0.2) is 38.1 Å². The monoisotopic (exact) mass is 357 g/mol. The number of aliphatic hydroxyl groups excluding tert-OH is 1. The Morgan fingerprint density at radius 3 is 2.31 bits per heavy atom. The SMILES string of the molecule is COc1cccc(NC(=O)C(=O)/C=C(\O)c2cc(OC)ccc2OC)c1. The molecule has 26 heavy (non-hydrogen) atoms. The number of ether oxygens (including phenoxy) is 3. The number of aliphatic hydroxyl groups is 1. The number of hydrogen-bond donors (Lipinski definition) is 2. The van der Waals surface area contributed by atoms with Gasteiger partial charge in [-0.15, -0.1) is 0 Å². The van der Waals surface area contributed by atoms with Gasteiger partial charge in [-0.2, -0.15) is 0 Å². The lowest BCUT2D eigenvalue weighted by molar-refractivity contribution is -0.131. The maximum Gasteiger partial charge on any atom is 0.296 e. The molecule has 0 aliphatic carbocycles. The molecule has 7 heteroatoms. The highest BCUT2D eigenvalue weighted by Gasteiger charge is 2.16. The summed E-state index contributed by atoms with van der Waals surface area (Å²) in [5, 5.41) is 12.7. The first-order chi connectivity index (χ1) is 12.5. The number of nitrogens with one attached hydrogen (secondary N) is 1. The Bertz CT molecular complexity index is 844. The third-order valence-corrected chi connectivity index (χ3v) is 3.50. The standard InChI is InChI=1S/C19H19NO6/c1-24-13-6-4-5-12(9-13)20-19(23)17(22)11-16(21)15-10-14(25-2)7-8-18(15)26-3/h4-11,21H,1-3H3,(H,20,23)/b16-11-. The van der Waals surface area contributed by atoms with Gasteiger partial charge in [0, 0.05) is 17.8 Å². The minimum absolute atomic E-state index is 0.231. The second kappa shape index (κ2) is 8.57. The van der Waals surface area contributed by atoms with Crippen LogP contribution in [0, 0.1) is 0 Å². The number of carbonyl (C=O) groups is 2. The predicted octanol–water partition coefficient (Wildman–Crippen LogP) is 2.82. The second-order valence-corrected chi connectivity index (χ2v) is 5.15. The number of carbonyl (C=O) groups excluding carboxylic acids is 2. The quantitative estimate of drug-likeness (QED) is 0.450. The van der Waals surface area contributed by atoms with Gasteiger partial charge in [0.15, 0.2) is 0 Å². The lowest BCUT2D eigenvalue weighted by atomic mass is 10.1. The molecule has 0 saturated heterocycles. The zero-order valence-corrected chi connectivity index (χ0v) is 14.6. The predicted molar refractivity (Wildman–Crippen MR) is 96.8 cm³/mol. The number of methoxy groups -OCH3 is 3. The van der Waals surface area contributed by atoms with Crippen molar-refractivity contribution in [3.8, 4) is 17.2 Å². The third-order valence-electron chi connectivity index (χ3n) is 3.50. The molecular weight excluding hydrogens is 338 g/mol. The maximum atomic E-state index is 12.1. The van der Waals surface area contributed by atoms with E-state index in [1.54, 1.807) is 36.4 Å². The number of rotatable bonds is 7. The minimum atomic E-state index is -0.921. The Hall–Kier alpha value is -3.48. The maximum absolute atomic E-state index is 12.1. The highest BCUT2D eigenvalue weighted by molar-refractivity contribution is 6.45. The van der Waals surface area contributed by atoms with Gasteiger partial charge in [-0.25, -0.2) is 0 Å². The molecule has 2 rings (SSSR count). The van der Waals surface area contributed by atoms with Crippen LogP contribution in [0.4, 0.5) is 5.69 Å². The molecule has 0 bridgehead atoms. The molecule has 2 aromatic rings. The molecular formula is C19H19NO6. The van der Waals surface area contributed by atoms with Gasteiger partial charge in [0.25, 0.3) is 5.91 Å². The van der Waals surface area contributed by atoms with E-state index in [9.17, 15) is 14.7 Å². The summed E-state index contributed by atoms with van der Waals surface area (Å²) >= 11 is 0. The fraction of sp³-hybridized carbons (Fsp3) is 0.158. The van der Waals surface area contributed by atoms with Crippen LogP contribution in [0.1, 0.15) is 5.56 Å². The lowest BCUT2D eigenvalue weighted by Gasteiger charge is -2.10. The van der Waals surface area contributed by atoms with E-state index in [2.05, 4.69) is 5.32 Å². The topological polar surface area (TPSA) is 94.1 Å². The average molecular weight is 357 g/mol.